The second-order valence-corrected chi connectivity index (χ2v) is 8.10. The van der Waals surface area contributed by atoms with Crippen LogP contribution >= 0.6 is 0 Å². The lowest BCUT2D eigenvalue weighted by Gasteiger charge is -2.10. The van der Waals surface area contributed by atoms with Crippen LogP contribution < -0.4 is 10.0 Å². The summed E-state index contributed by atoms with van der Waals surface area (Å²) in [6, 6.07) is 10.0. The van der Waals surface area contributed by atoms with Crippen LogP contribution in [0.3, 0.4) is 0 Å². The largest absolute Gasteiger partial charge is 0.452 e. The van der Waals surface area contributed by atoms with Crippen molar-refractivity contribution < 1.29 is 27.1 Å². The molecule has 0 heterocycles. The lowest BCUT2D eigenvalue weighted by molar-refractivity contribution is -0.124. The molecule has 0 saturated heterocycles. The van der Waals surface area contributed by atoms with E-state index in [9.17, 15) is 22.4 Å². The lowest BCUT2D eigenvalue weighted by Crippen LogP contribution is -2.31. The van der Waals surface area contributed by atoms with E-state index >= 15 is 0 Å². The highest BCUT2D eigenvalue weighted by Crippen LogP contribution is 2.18. The molecule has 0 bridgehead atoms. The molecule has 0 radical (unpaired) electrons. The SMILES string of the molecule is CC(C)CNC(=O)COC(=O)c1cccc(S(=O)(=O)Nc2ccc(F)cc2)c1. The minimum absolute atomic E-state index is 0.0151. The van der Waals surface area contributed by atoms with Gasteiger partial charge in [-0.2, -0.15) is 0 Å². The molecule has 0 unspecified atom stereocenters. The zero-order valence-corrected chi connectivity index (χ0v) is 16.3. The fourth-order valence-corrected chi connectivity index (χ4v) is 3.21. The molecule has 0 aromatic heterocycles. The molecule has 2 rings (SSSR count). The minimum atomic E-state index is -3.99. The van der Waals surface area contributed by atoms with E-state index in [2.05, 4.69) is 10.0 Å². The molecule has 150 valence electrons. The van der Waals surface area contributed by atoms with Gasteiger partial charge in [-0.1, -0.05) is 19.9 Å². The standard InChI is InChI=1S/C19H21FN2O5S/c1-13(2)11-21-18(23)12-27-19(24)14-4-3-5-17(10-14)28(25,26)22-16-8-6-15(20)7-9-16/h3-10,13,22H,11-12H2,1-2H3,(H,21,23). The first-order valence-electron chi connectivity index (χ1n) is 8.49. The van der Waals surface area contributed by atoms with Crippen molar-refractivity contribution in [1.82, 2.24) is 5.32 Å². The predicted molar refractivity (Wildman–Crippen MR) is 102 cm³/mol. The smallest absolute Gasteiger partial charge is 0.338 e. The molecule has 1 amide bonds. The summed E-state index contributed by atoms with van der Waals surface area (Å²) in [6.45, 7) is 3.85. The molecule has 0 aliphatic carbocycles. The first-order chi connectivity index (χ1) is 13.2. The monoisotopic (exact) mass is 408 g/mol. The van der Waals surface area contributed by atoms with Crippen molar-refractivity contribution in [3.63, 3.8) is 0 Å². The molecule has 0 spiro atoms. The number of amides is 1. The van der Waals surface area contributed by atoms with Gasteiger partial charge in [0.05, 0.1) is 10.5 Å². The maximum absolute atomic E-state index is 12.9. The number of halogens is 1. The summed E-state index contributed by atoms with van der Waals surface area (Å²) in [7, 11) is -3.99. The number of anilines is 1. The third-order valence-electron chi connectivity index (χ3n) is 3.52. The number of sulfonamides is 1. The van der Waals surface area contributed by atoms with Crippen LogP contribution in [-0.4, -0.2) is 33.4 Å². The number of ether oxygens (including phenoxy) is 1. The quantitative estimate of drug-likeness (QED) is 0.654. The fourth-order valence-electron chi connectivity index (χ4n) is 2.11. The van der Waals surface area contributed by atoms with Crippen molar-refractivity contribution in [2.75, 3.05) is 17.9 Å². The molecule has 0 aliphatic rings. The summed E-state index contributed by atoms with van der Waals surface area (Å²) < 4.78 is 45.1. The summed E-state index contributed by atoms with van der Waals surface area (Å²) >= 11 is 0. The van der Waals surface area contributed by atoms with Crippen molar-refractivity contribution >= 4 is 27.6 Å². The number of carbonyl (C=O) groups excluding carboxylic acids is 2. The third kappa shape index (κ3) is 6.34. The van der Waals surface area contributed by atoms with E-state index in [1.165, 1.54) is 30.3 Å². The Morgan fingerprint density at radius 2 is 1.79 bits per heavy atom. The Kier molecular flexibility index (Phi) is 7.11. The van der Waals surface area contributed by atoms with Crippen molar-refractivity contribution in [1.29, 1.82) is 0 Å². The summed E-state index contributed by atoms with van der Waals surface area (Å²) in [5, 5.41) is 2.61. The van der Waals surface area contributed by atoms with Gasteiger partial charge in [0, 0.05) is 12.2 Å². The van der Waals surface area contributed by atoms with Crippen LogP contribution in [0.2, 0.25) is 0 Å². The Bertz CT molecular complexity index is 943. The Balaban J connectivity index is 2.04. The van der Waals surface area contributed by atoms with Gasteiger partial charge in [-0.3, -0.25) is 9.52 Å². The van der Waals surface area contributed by atoms with Crippen molar-refractivity contribution in [2.24, 2.45) is 5.92 Å². The van der Waals surface area contributed by atoms with E-state index in [1.807, 2.05) is 13.8 Å². The molecule has 2 aromatic carbocycles. The highest BCUT2D eigenvalue weighted by molar-refractivity contribution is 7.92. The zero-order valence-electron chi connectivity index (χ0n) is 15.4. The predicted octanol–water partition coefficient (Wildman–Crippen LogP) is 2.56. The van der Waals surface area contributed by atoms with Gasteiger partial charge in [0.25, 0.3) is 15.9 Å². The molecule has 0 atom stereocenters. The highest BCUT2D eigenvalue weighted by Gasteiger charge is 2.18. The van der Waals surface area contributed by atoms with Gasteiger partial charge in [0.1, 0.15) is 5.82 Å². The van der Waals surface area contributed by atoms with E-state index in [4.69, 9.17) is 4.74 Å². The maximum Gasteiger partial charge on any atom is 0.338 e. The van der Waals surface area contributed by atoms with Gasteiger partial charge < -0.3 is 10.1 Å². The number of rotatable bonds is 8. The fraction of sp³-hybridized carbons (Fsp3) is 0.263. The Morgan fingerprint density at radius 3 is 2.43 bits per heavy atom. The lowest BCUT2D eigenvalue weighted by atomic mass is 10.2. The molecule has 0 fully saturated rings. The number of benzene rings is 2. The number of hydrogen-bond donors (Lipinski definition) is 2. The topological polar surface area (TPSA) is 102 Å². The Labute approximate surface area is 163 Å². The average Bonchev–Trinajstić information content (AvgIpc) is 2.66. The summed E-state index contributed by atoms with van der Waals surface area (Å²) in [5.74, 6) is -1.50. The van der Waals surface area contributed by atoms with E-state index in [0.29, 0.717) is 6.54 Å². The van der Waals surface area contributed by atoms with Gasteiger partial charge in [0.15, 0.2) is 6.61 Å². The zero-order chi connectivity index (χ0) is 20.7. The Hall–Kier alpha value is -2.94. The molecular formula is C19H21FN2O5S. The maximum atomic E-state index is 12.9. The molecule has 9 heteroatoms. The van der Waals surface area contributed by atoms with Crippen molar-refractivity contribution in [2.45, 2.75) is 18.7 Å². The third-order valence-corrected chi connectivity index (χ3v) is 4.90. The van der Waals surface area contributed by atoms with Gasteiger partial charge in [-0.25, -0.2) is 17.6 Å². The van der Waals surface area contributed by atoms with E-state index < -0.39 is 34.3 Å². The van der Waals surface area contributed by atoms with Gasteiger partial charge in [-0.15, -0.1) is 0 Å². The van der Waals surface area contributed by atoms with Crippen LogP contribution in [0.5, 0.6) is 0 Å². The minimum Gasteiger partial charge on any atom is -0.452 e. The molecule has 7 nitrogen and oxygen atoms in total. The molecule has 2 N–H and O–H groups in total. The summed E-state index contributed by atoms with van der Waals surface area (Å²) in [6.07, 6.45) is 0. The number of hydrogen-bond acceptors (Lipinski definition) is 5. The van der Waals surface area contributed by atoms with Crippen LogP contribution in [0, 0.1) is 11.7 Å². The molecule has 0 aliphatic heterocycles. The van der Waals surface area contributed by atoms with Crippen LogP contribution in [0.1, 0.15) is 24.2 Å². The second-order valence-electron chi connectivity index (χ2n) is 6.41. The van der Waals surface area contributed by atoms with Crippen LogP contribution in [0.4, 0.5) is 10.1 Å². The Morgan fingerprint density at radius 1 is 1.11 bits per heavy atom. The van der Waals surface area contributed by atoms with E-state index in [-0.39, 0.29) is 22.1 Å². The number of esters is 1. The molecule has 2 aromatic rings. The van der Waals surface area contributed by atoms with E-state index in [0.717, 1.165) is 18.2 Å². The first kappa shape index (κ1) is 21.4. The van der Waals surface area contributed by atoms with Gasteiger partial charge >= 0.3 is 5.97 Å². The van der Waals surface area contributed by atoms with Crippen molar-refractivity contribution in [3.05, 3.63) is 59.9 Å². The number of carbonyl (C=O) groups is 2. The van der Waals surface area contributed by atoms with Gasteiger partial charge in [-0.05, 0) is 48.4 Å². The summed E-state index contributed by atoms with van der Waals surface area (Å²) in [4.78, 5) is 23.5. The molecule has 0 saturated carbocycles. The van der Waals surface area contributed by atoms with E-state index in [1.54, 1.807) is 0 Å². The second kappa shape index (κ2) is 9.32. The van der Waals surface area contributed by atoms with Crippen LogP contribution in [0.15, 0.2) is 53.4 Å². The highest BCUT2D eigenvalue weighted by atomic mass is 32.2. The number of nitrogens with one attached hydrogen (secondary N) is 2. The molecule has 28 heavy (non-hydrogen) atoms. The van der Waals surface area contributed by atoms with Crippen molar-refractivity contribution in [3.8, 4) is 0 Å². The summed E-state index contributed by atoms with van der Waals surface area (Å²) in [5.41, 5.74) is 0.162. The molecular weight excluding hydrogens is 387 g/mol. The average molecular weight is 408 g/mol. The van der Waals surface area contributed by atoms with Crippen LogP contribution in [0.25, 0.3) is 0 Å². The van der Waals surface area contributed by atoms with Gasteiger partial charge in [0.2, 0.25) is 0 Å². The normalized spacial score (nSPS) is 11.1. The van der Waals surface area contributed by atoms with Crippen LogP contribution in [-0.2, 0) is 19.6 Å². The first-order valence-corrected chi connectivity index (χ1v) is 9.98.